The summed E-state index contributed by atoms with van der Waals surface area (Å²) in [6.45, 7) is 6.99. The predicted octanol–water partition coefficient (Wildman–Crippen LogP) is 3.45. The summed E-state index contributed by atoms with van der Waals surface area (Å²) in [6.07, 6.45) is 5.76. The van der Waals surface area contributed by atoms with Gasteiger partial charge in [0.05, 0.1) is 36.7 Å². The molecule has 4 heterocycles. The third-order valence-electron chi connectivity index (χ3n) is 6.48. The summed E-state index contributed by atoms with van der Waals surface area (Å²) in [5.74, 6) is 1.06. The summed E-state index contributed by atoms with van der Waals surface area (Å²) in [4.78, 5) is 4.76. The Hall–Kier alpha value is -3.08. The van der Waals surface area contributed by atoms with Crippen molar-refractivity contribution in [1.29, 1.82) is 5.26 Å². The molecule has 3 aromatic rings. The molecule has 0 bridgehead atoms. The van der Waals surface area contributed by atoms with E-state index < -0.39 is 0 Å². The first-order valence-electron chi connectivity index (χ1n) is 11.5. The standard InChI is InChI=1S/C25H29N5O2/c26-18-20-7-10-29(11-8-20)24-2-1-9-30-25(24)23(19-27-30)21-3-5-22(6-4-21)32-17-14-28-12-15-31-16-13-28/h1-6,9,19-20H,7-8,10-17H2. The van der Waals surface area contributed by atoms with Gasteiger partial charge in [0.1, 0.15) is 12.4 Å². The van der Waals surface area contributed by atoms with Crippen LogP contribution in [0.25, 0.3) is 16.6 Å². The maximum atomic E-state index is 9.22. The molecule has 2 aromatic heterocycles. The molecule has 0 saturated carbocycles. The Morgan fingerprint density at radius 2 is 1.84 bits per heavy atom. The summed E-state index contributed by atoms with van der Waals surface area (Å²) in [6, 6.07) is 14.9. The molecular formula is C25H29N5O2. The fourth-order valence-corrected chi connectivity index (χ4v) is 4.59. The molecule has 0 spiro atoms. The number of rotatable bonds is 6. The number of anilines is 1. The highest BCUT2D eigenvalue weighted by molar-refractivity contribution is 5.90. The Labute approximate surface area is 188 Å². The molecule has 2 aliphatic heterocycles. The zero-order valence-corrected chi connectivity index (χ0v) is 18.3. The van der Waals surface area contributed by atoms with Gasteiger partial charge in [0, 0.05) is 50.4 Å². The molecule has 0 N–H and O–H groups in total. The third kappa shape index (κ3) is 4.43. The van der Waals surface area contributed by atoms with E-state index in [1.807, 2.05) is 35.1 Å². The van der Waals surface area contributed by atoms with Crippen LogP contribution in [0.1, 0.15) is 12.8 Å². The quantitative estimate of drug-likeness (QED) is 0.596. The van der Waals surface area contributed by atoms with Crippen LogP contribution in [0.2, 0.25) is 0 Å². The summed E-state index contributed by atoms with van der Waals surface area (Å²) in [5, 5.41) is 13.8. The fourth-order valence-electron chi connectivity index (χ4n) is 4.59. The van der Waals surface area contributed by atoms with Crippen molar-refractivity contribution < 1.29 is 9.47 Å². The summed E-state index contributed by atoms with van der Waals surface area (Å²) < 4.78 is 13.3. The lowest BCUT2D eigenvalue weighted by Crippen LogP contribution is -2.38. The highest BCUT2D eigenvalue weighted by atomic mass is 16.5. The molecule has 166 valence electrons. The number of benzene rings is 1. The summed E-state index contributed by atoms with van der Waals surface area (Å²) in [5.41, 5.74) is 4.54. The molecule has 0 atom stereocenters. The lowest BCUT2D eigenvalue weighted by molar-refractivity contribution is 0.0322. The zero-order chi connectivity index (χ0) is 21.8. The van der Waals surface area contributed by atoms with Crippen molar-refractivity contribution in [2.24, 2.45) is 5.92 Å². The minimum absolute atomic E-state index is 0.172. The molecule has 0 aliphatic carbocycles. The fraction of sp³-hybridized carbons (Fsp3) is 0.440. The number of pyridine rings is 1. The van der Waals surface area contributed by atoms with Crippen LogP contribution in [0.15, 0.2) is 48.8 Å². The van der Waals surface area contributed by atoms with Crippen LogP contribution in [0.3, 0.4) is 0 Å². The van der Waals surface area contributed by atoms with Crippen LogP contribution in [0, 0.1) is 17.2 Å². The number of piperidine rings is 1. The van der Waals surface area contributed by atoms with E-state index in [4.69, 9.17) is 9.47 Å². The van der Waals surface area contributed by atoms with Crippen LogP contribution in [-0.4, -0.2) is 67.1 Å². The van der Waals surface area contributed by atoms with E-state index in [1.165, 1.54) is 5.69 Å². The number of nitrogens with zero attached hydrogens (tertiary/aromatic N) is 5. The first kappa shape index (κ1) is 20.8. The summed E-state index contributed by atoms with van der Waals surface area (Å²) >= 11 is 0. The van der Waals surface area contributed by atoms with Crippen LogP contribution >= 0.6 is 0 Å². The lowest BCUT2D eigenvalue weighted by Gasteiger charge is -2.31. The van der Waals surface area contributed by atoms with Gasteiger partial charge >= 0.3 is 0 Å². The van der Waals surface area contributed by atoms with Crippen LogP contribution in [-0.2, 0) is 4.74 Å². The van der Waals surface area contributed by atoms with E-state index in [0.29, 0.717) is 6.61 Å². The van der Waals surface area contributed by atoms with Gasteiger partial charge in [-0.3, -0.25) is 4.90 Å². The number of hydrogen-bond acceptors (Lipinski definition) is 6. The van der Waals surface area contributed by atoms with E-state index in [9.17, 15) is 5.26 Å². The zero-order valence-electron chi connectivity index (χ0n) is 18.3. The minimum Gasteiger partial charge on any atom is -0.492 e. The van der Waals surface area contributed by atoms with Gasteiger partial charge in [-0.2, -0.15) is 10.4 Å². The highest BCUT2D eigenvalue weighted by Gasteiger charge is 2.22. The molecular weight excluding hydrogens is 402 g/mol. The summed E-state index contributed by atoms with van der Waals surface area (Å²) in [7, 11) is 0. The van der Waals surface area contributed by atoms with Crippen molar-refractivity contribution in [1.82, 2.24) is 14.5 Å². The molecule has 7 heteroatoms. The van der Waals surface area contributed by atoms with Gasteiger partial charge in [-0.1, -0.05) is 12.1 Å². The van der Waals surface area contributed by atoms with Crippen LogP contribution in [0.4, 0.5) is 5.69 Å². The normalized spacial score (nSPS) is 18.0. The molecule has 7 nitrogen and oxygen atoms in total. The molecule has 2 aliphatic rings. The molecule has 0 unspecified atom stereocenters. The number of fused-ring (bicyclic) bond motifs is 1. The van der Waals surface area contributed by atoms with Crippen molar-refractivity contribution in [3.8, 4) is 22.9 Å². The average Bonchev–Trinajstić information content (AvgIpc) is 3.30. The average molecular weight is 432 g/mol. The Kier molecular flexibility index (Phi) is 6.24. The van der Waals surface area contributed by atoms with E-state index >= 15 is 0 Å². The Morgan fingerprint density at radius 1 is 1.06 bits per heavy atom. The Balaban J connectivity index is 1.31. The second-order valence-corrected chi connectivity index (χ2v) is 8.46. The molecule has 5 rings (SSSR count). The van der Waals surface area contributed by atoms with Crippen LogP contribution in [0.5, 0.6) is 5.75 Å². The van der Waals surface area contributed by atoms with Crippen LogP contribution < -0.4 is 9.64 Å². The van der Waals surface area contributed by atoms with Crippen molar-refractivity contribution in [3.63, 3.8) is 0 Å². The van der Waals surface area contributed by atoms with Gasteiger partial charge in [0.15, 0.2) is 0 Å². The largest absolute Gasteiger partial charge is 0.492 e. The Bertz CT molecular complexity index is 1070. The number of morpholine rings is 1. The van der Waals surface area contributed by atoms with Gasteiger partial charge in [-0.15, -0.1) is 0 Å². The van der Waals surface area contributed by atoms with Crippen molar-refractivity contribution in [2.75, 3.05) is 57.4 Å². The molecule has 2 fully saturated rings. The molecule has 0 amide bonds. The first-order chi connectivity index (χ1) is 15.8. The van der Waals surface area contributed by atoms with Gasteiger partial charge in [0.2, 0.25) is 0 Å². The highest BCUT2D eigenvalue weighted by Crippen LogP contribution is 2.34. The molecule has 1 aromatic carbocycles. The van der Waals surface area contributed by atoms with E-state index in [2.05, 4.69) is 39.2 Å². The smallest absolute Gasteiger partial charge is 0.119 e. The van der Waals surface area contributed by atoms with Crippen molar-refractivity contribution >= 4 is 11.2 Å². The van der Waals surface area contributed by atoms with Crippen molar-refractivity contribution in [2.45, 2.75) is 12.8 Å². The Morgan fingerprint density at radius 3 is 2.59 bits per heavy atom. The monoisotopic (exact) mass is 431 g/mol. The van der Waals surface area contributed by atoms with E-state index in [-0.39, 0.29) is 5.92 Å². The first-order valence-corrected chi connectivity index (χ1v) is 11.5. The van der Waals surface area contributed by atoms with E-state index in [0.717, 1.165) is 81.2 Å². The number of ether oxygens (including phenoxy) is 2. The maximum Gasteiger partial charge on any atom is 0.119 e. The second-order valence-electron chi connectivity index (χ2n) is 8.46. The molecule has 0 radical (unpaired) electrons. The van der Waals surface area contributed by atoms with Crippen molar-refractivity contribution in [3.05, 3.63) is 48.8 Å². The second kappa shape index (κ2) is 9.60. The van der Waals surface area contributed by atoms with Gasteiger partial charge in [0.25, 0.3) is 0 Å². The lowest BCUT2D eigenvalue weighted by atomic mass is 9.97. The topological polar surface area (TPSA) is 66.0 Å². The van der Waals surface area contributed by atoms with Gasteiger partial charge < -0.3 is 14.4 Å². The SMILES string of the molecule is N#CC1CCN(c2cccn3ncc(-c4ccc(OCCN5CCOCC5)cc4)c23)CC1. The molecule has 32 heavy (non-hydrogen) atoms. The predicted molar refractivity (Wildman–Crippen MR) is 124 cm³/mol. The van der Waals surface area contributed by atoms with Gasteiger partial charge in [-0.05, 0) is 42.7 Å². The minimum atomic E-state index is 0.172. The number of aromatic nitrogens is 2. The maximum absolute atomic E-state index is 9.22. The number of hydrogen-bond donors (Lipinski definition) is 0. The van der Waals surface area contributed by atoms with Gasteiger partial charge in [-0.25, -0.2) is 4.52 Å². The molecule has 2 saturated heterocycles. The van der Waals surface area contributed by atoms with E-state index in [1.54, 1.807) is 0 Å². The third-order valence-corrected chi connectivity index (χ3v) is 6.48. The number of nitriles is 1.